The molecule has 2 N–H and O–H groups in total. The van der Waals surface area contributed by atoms with Crippen LogP contribution in [0.4, 0.5) is 13.2 Å². The van der Waals surface area contributed by atoms with Gasteiger partial charge in [0, 0.05) is 28.8 Å². The molecule has 27 heavy (non-hydrogen) atoms. The Hall–Kier alpha value is -2.13. The molecule has 2 aliphatic rings. The van der Waals surface area contributed by atoms with Gasteiger partial charge in [0.2, 0.25) is 0 Å². The molecule has 4 rings (SSSR count). The van der Waals surface area contributed by atoms with E-state index in [9.17, 15) is 23.1 Å². The summed E-state index contributed by atoms with van der Waals surface area (Å²) in [5, 5.41) is 16.2. The van der Waals surface area contributed by atoms with E-state index in [0.717, 1.165) is 17.7 Å². The third-order valence-corrected chi connectivity index (χ3v) is 5.17. The largest absolute Gasteiger partial charge is 0.394 e. The molecule has 144 valence electrons. The number of pyridine rings is 1. The van der Waals surface area contributed by atoms with E-state index in [4.69, 9.17) is 11.6 Å². The summed E-state index contributed by atoms with van der Waals surface area (Å²) < 4.78 is 39.3. The lowest BCUT2D eigenvalue weighted by atomic mass is 10.1. The standard InChI is InChI=1S/C17H16ClF3N4O2/c18-9-1-2-22-13(5-9)25-15-11-3-8(11)4-12(15)14(24-25)16(27)23-10(7-26)6-17(19,20)21/h1-2,5,8,10-11,26H,3-4,6-7H2,(H,23,27)/t8-,10-,11-/m0/s1. The minimum atomic E-state index is -4.49. The number of aliphatic hydroxyl groups is 1. The molecule has 0 aliphatic heterocycles. The Morgan fingerprint density at radius 2 is 2.26 bits per heavy atom. The van der Waals surface area contributed by atoms with Crippen LogP contribution >= 0.6 is 11.6 Å². The molecule has 2 aromatic rings. The van der Waals surface area contributed by atoms with Crippen molar-refractivity contribution in [2.45, 2.75) is 37.4 Å². The van der Waals surface area contributed by atoms with Gasteiger partial charge in [-0.3, -0.25) is 4.79 Å². The fraction of sp³-hybridized carbons (Fsp3) is 0.471. The number of halogens is 4. The number of amides is 1. The summed E-state index contributed by atoms with van der Waals surface area (Å²) in [6.45, 7) is -0.810. The van der Waals surface area contributed by atoms with Gasteiger partial charge in [-0.05, 0) is 24.8 Å². The molecule has 2 aliphatic carbocycles. The van der Waals surface area contributed by atoms with E-state index in [1.54, 1.807) is 16.8 Å². The summed E-state index contributed by atoms with van der Waals surface area (Å²) in [7, 11) is 0. The van der Waals surface area contributed by atoms with E-state index in [2.05, 4.69) is 15.4 Å². The van der Waals surface area contributed by atoms with Gasteiger partial charge in [-0.1, -0.05) is 11.6 Å². The van der Waals surface area contributed by atoms with E-state index in [1.807, 2.05) is 0 Å². The molecule has 0 spiro atoms. The molecule has 0 unspecified atom stereocenters. The van der Waals surface area contributed by atoms with E-state index >= 15 is 0 Å². The lowest BCUT2D eigenvalue weighted by Crippen LogP contribution is -2.41. The molecule has 3 atom stereocenters. The number of hydrogen-bond donors (Lipinski definition) is 2. The van der Waals surface area contributed by atoms with Crippen LogP contribution in [0.25, 0.3) is 5.82 Å². The highest BCUT2D eigenvalue weighted by Gasteiger charge is 2.50. The maximum Gasteiger partial charge on any atom is 0.391 e. The highest BCUT2D eigenvalue weighted by molar-refractivity contribution is 6.30. The van der Waals surface area contributed by atoms with E-state index in [1.165, 1.54) is 6.20 Å². The molecule has 6 nitrogen and oxygen atoms in total. The zero-order valence-electron chi connectivity index (χ0n) is 14.0. The lowest BCUT2D eigenvalue weighted by Gasteiger charge is -2.17. The molecule has 10 heteroatoms. The number of carbonyl (C=O) groups is 1. The number of fused-ring (bicyclic) bond motifs is 3. The van der Waals surface area contributed by atoms with Crippen LogP contribution in [0, 0.1) is 5.92 Å². The zero-order valence-corrected chi connectivity index (χ0v) is 14.8. The van der Waals surface area contributed by atoms with Gasteiger partial charge in [-0.25, -0.2) is 9.67 Å². The number of rotatable bonds is 5. The number of nitrogens with zero attached hydrogens (tertiary/aromatic N) is 3. The quantitative estimate of drug-likeness (QED) is 0.808. The van der Waals surface area contributed by atoms with Crippen molar-refractivity contribution >= 4 is 17.5 Å². The molecular weight excluding hydrogens is 385 g/mol. The summed E-state index contributed by atoms with van der Waals surface area (Å²) in [4.78, 5) is 16.8. The number of alkyl halides is 3. The van der Waals surface area contributed by atoms with Crippen LogP contribution in [0.1, 0.15) is 40.5 Å². The third-order valence-electron chi connectivity index (χ3n) is 4.94. The first-order valence-electron chi connectivity index (χ1n) is 8.49. The van der Waals surface area contributed by atoms with Gasteiger partial charge in [0.1, 0.15) is 0 Å². The number of aliphatic hydroxyl groups excluding tert-OH is 1. The number of nitrogens with one attached hydrogen (secondary N) is 1. The summed E-state index contributed by atoms with van der Waals surface area (Å²) in [5.74, 6) is 0.438. The second-order valence-corrected chi connectivity index (χ2v) is 7.37. The molecule has 0 bridgehead atoms. The predicted octanol–water partition coefficient (Wildman–Crippen LogP) is 2.62. The van der Waals surface area contributed by atoms with E-state index < -0.39 is 31.2 Å². The van der Waals surface area contributed by atoms with Gasteiger partial charge in [0.25, 0.3) is 5.91 Å². The average Bonchev–Trinajstić information content (AvgIpc) is 3.09. The van der Waals surface area contributed by atoms with Crippen molar-refractivity contribution in [1.29, 1.82) is 0 Å². The van der Waals surface area contributed by atoms with Crippen LogP contribution in [0.2, 0.25) is 5.02 Å². The Morgan fingerprint density at radius 3 is 2.93 bits per heavy atom. The Kier molecular flexibility index (Phi) is 4.38. The summed E-state index contributed by atoms with van der Waals surface area (Å²) in [6, 6.07) is 1.82. The van der Waals surface area contributed by atoms with E-state index in [0.29, 0.717) is 23.2 Å². The van der Waals surface area contributed by atoms with Gasteiger partial charge in [0.15, 0.2) is 11.5 Å². The second-order valence-electron chi connectivity index (χ2n) is 6.94. The summed E-state index contributed by atoms with van der Waals surface area (Å²) >= 11 is 6.02. The molecule has 0 saturated heterocycles. The molecule has 0 aromatic carbocycles. The lowest BCUT2D eigenvalue weighted by molar-refractivity contribution is -0.141. The van der Waals surface area contributed by atoms with Crippen molar-refractivity contribution in [3.05, 3.63) is 40.3 Å². The van der Waals surface area contributed by atoms with Crippen LogP contribution in [0.5, 0.6) is 0 Å². The van der Waals surface area contributed by atoms with Gasteiger partial charge in [-0.15, -0.1) is 0 Å². The SMILES string of the molecule is O=C(N[C@H](CO)CC(F)(F)F)c1nn(-c2cc(Cl)ccn2)c2c1C[C@@H]1C[C@H]21. The van der Waals surface area contributed by atoms with Gasteiger partial charge in [-0.2, -0.15) is 18.3 Å². The highest BCUT2D eigenvalue weighted by atomic mass is 35.5. The minimum Gasteiger partial charge on any atom is -0.394 e. The fourth-order valence-electron chi connectivity index (χ4n) is 3.68. The van der Waals surface area contributed by atoms with Crippen LogP contribution < -0.4 is 5.32 Å². The topological polar surface area (TPSA) is 80.0 Å². The Labute approximate surface area is 157 Å². The van der Waals surface area contributed by atoms with E-state index in [-0.39, 0.29) is 11.6 Å². The van der Waals surface area contributed by atoms with Gasteiger partial charge < -0.3 is 10.4 Å². The highest BCUT2D eigenvalue weighted by Crippen LogP contribution is 2.57. The van der Waals surface area contributed by atoms with Crippen LogP contribution in [-0.2, 0) is 6.42 Å². The van der Waals surface area contributed by atoms with Crippen LogP contribution in [0.15, 0.2) is 18.3 Å². The Morgan fingerprint density at radius 1 is 1.48 bits per heavy atom. The number of aromatic nitrogens is 3. The Balaban J connectivity index is 1.65. The van der Waals surface area contributed by atoms with Crippen LogP contribution in [0.3, 0.4) is 0 Å². The van der Waals surface area contributed by atoms with Gasteiger partial charge in [0.05, 0.1) is 24.8 Å². The molecule has 1 saturated carbocycles. The normalized spacial score (nSPS) is 21.5. The first-order valence-corrected chi connectivity index (χ1v) is 8.87. The summed E-state index contributed by atoms with van der Waals surface area (Å²) in [5.41, 5.74) is 1.69. The molecule has 1 amide bonds. The monoisotopic (exact) mass is 400 g/mol. The van der Waals surface area contributed by atoms with Crippen molar-refractivity contribution in [3.8, 4) is 5.82 Å². The molecule has 0 radical (unpaired) electrons. The first-order chi connectivity index (χ1) is 12.8. The van der Waals surface area contributed by atoms with Crippen molar-refractivity contribution < 1.29 is 23.1 Å². The third kappa shape index (κ3) is 3.53. The minimum absolute atomic E-state index is 0.0830. The molecule has 1 fully saturated rings. The Bertz CT molecular complexity index is 899. The molecule has 2 heterocycles. The van der Waals surface area contributed by atoms with Gasteiger partial charge >= 0.3 is 6.18 Å². The number of carbonyl (C=O) groups excluding carboxylic acids is 1. The summed E-state index contributed by atoms with van der Waals surface area (Å²) in [6.07, 6.45) is -2.62. The second kappa shape index (κ2) is 6.49. The predicted molar refractivity (Wildman–Crippen MR) is 89.9 cm³/mol. The average molecular weight is 401 g/mol. The van der Waals surface area contributed by atoms with Crippen molar-refractivity contribution in [2.75, 3.05) is 6.61 Å². The number of hydrogen-bond acceptors (Lipinski definition) is 4. The van der Waals surface area contributed by atoms with Crippen LogP contribution in [-0.4, -0.2) is 44.6 Å². The first kappa shape index (κ1) is 18.2. The smallest absolute Gasteiger partial charge is 0.391 e. The van der Waals surface area contributed by atoms with Crippen molar-refractivity contribution in [3.63, 3.8) is 0 Å². The van der Waals surface area contributed by atoms with Crippen molar-refractivity contribution in [1.82, 2.24) is 20.1 Å². The zero-order chi connectivity index (χ0) is 19.3. The molecular formula is C17H16ClF3N4O2. The maximum atomic E-state index is 12.6. The maximum absolute atomic E-state index is 12.6. The fourth-order valence-corrected chi connectivity index (χ4v) is 3.83. The van der Waals surface area contributed by atoms with Crippen molar-refractivity contribution in [2.24, 2.45) is 5.92 Å². The molecule has 2 aromatic heterocycles.